The van der Waals surface area contributed by atoms with Crippen molar-refractivity contribution in [1.82, 2.24) is 9.97 Å². The maximum atomic E-state index is 9.89. The van der Waals surface area contributed by atoms with Gasteiger partial charge in [-0.25, -0.2) is 9.97 Å². The predicted molar refractivity (Wildman–Crippen MR) is 64.4 cm³/mol. The first-order valence-corrected chi connectivity index (χ1v) is 5.47. The smallest absolute Gasteiger partial charge is 0.423 e. The lowest BCUT2D eigenvalue weighted by atomic mass is 9.79. The molecule has 1 aromatic heterocycles. The molecule has 88 valence electrons. The fraction of sp³-hybridized carbons (Fsp3) is 0.636. The molecule has 4 nitrogen and oxygen atoms in total. The Balaban J connectivity index is 2.72. The number of hydrogen-bond donors (Lipinski definition) is 1. The molecular formula is C11H19BN2O2. The quantitative estimate of drug-likeness (QED) is 0.769. The van der Waals surface area contributed by atoms with E-state index in [2.05, 4.69) is 23.8 Å². The molecule has 1 N–H and O–H groups in total. The fourth-order valence-electron chi connectivity index (χ4n) is 1.02. The Morgan fingerprint density at radius 1 is 1.31 bits per heavy atom. The maximum absolute atomic E-state index is 9.89. The van der Waals surface area contributed by atoms with Crippen LogP contribution in [0.3, 0.4) is 0 Å². The molecule has 0 aromatic carbocycles. The monoisotopic (exact) mass is 222 g/mol. The summed E-state index contributed by atoms with van der Waals surface area (Å²) in [5, 5.41) is 9.89. The molecule has 1 aromatic rings. The first-order chi connectivity index (χ1) is 7.33. The van der Waals surface area contributed by atoms with Crippen molar-refractivity contribution in [2.75, 3.05) is 0 Å². The van der Waals surface area contributed by atoms with Gasteiger partial charge in [0.2, 0.25) is 0 Å². The van der Waals surface area contributed by atoms with E-state index in [4.69, 9.17) is 4.65 Å². The van der Waals surface area contributed by atoms with Gasteiger partial charge in [0.25, 0.3) is 0 Å². The van der Waals surface area contributed by atoms with E-state index in [1.54, 1.807) is 19.3 Å². The van der Waals surface area contributed by atoms with Crippen LogP contribution in [0.1, 0.15) is 33.5 Å². The third kappa shape index (κ3) is 3.28. The zero-order valence-electron chi connectivity index (χ0n) is 10.6. The second-order valence-electron chi connectivity index (χ2n) is 4.79. The highest BCUT2D eigenvalue weighted by Gasteiger charge is 2.30. The summed E-state index contributed by atoms with van der Waals surface area (Å²) < 4.78 is 5.60. The number of aromatic nitrogens is 2. The Bertz CT molecular complexity index is 338. The summed E-state index contributed by atoms with van der Waals surface area (Å²) in [6.45, 7) is 9.82. The van der Waals surface area contributed by atoms with Crippen LogP contribution < -0.4 is 5.46 Å². The number of nitrogens with zero attached hydrogens (tertiary/aromatic N) is 2. The summed E-state index contributed by atoms with van der Waals surface area (Å²) >= 11 is 0. The first-order valence-electron chi connectivity index (χ1n) is 5.47. The highest BCUT2D eigenvalue weighted by atomic mass is 16.5. The van der Waals surface area contributed by atoms with Crippen molar-refractivity contribution >= 4 is 12.6 Å². The van der Waals surface area contributed by atoms with Gasteiger partial charge in [0.1, 0.15) is 5.82 Å². The van der Waals surface area contributed by atoms with E-state index in [9.17, 15) is 5.02 Å². The summed E-state index contributed by atoms with van der Waals surface area (Å²) in [5.74, 6) is 0.993. The summed E-state index contributed by atoms with van der Waals surface area (Å²) in [4.78, 5) is 8.05. The van der Waals surface area contributed by atoms with Crippen molar-refractivity contribution in [2.24, 2.45) is 5.92 Å². The van der Waals surface area contributed by atoms with Crippen LogP contribution >= 0.6 is 0 Å². The van der Waals surface area contributed by atoms with Crippen LogP contribution in [0.15, 0.2) is 12.4 Å². The van der Waals surface area contributed by atoms with Crippen molar-refractivity contribution < 1.29 is 9.68 Å². The molecule has 0 amide bonds. The lowest BCUT2D eigenvalue weighted by Gasteiger charge is -2.31. The van der Waals surface area contributed by atoms with Gasteiger partial charge in [0.05, 0.1) is 5.60 Å². The Morgan fingerprint density at radius 2 is 1.81 bits per heavy atom. The molecule has 16 heavy (non-hydrogen) atoms. The molecule has 0 spiro atoms. The van der Waals surface area contributed by atoms with Gasteiger partial charge in [-0.3, -0.25) is 0 Å². The zero-order valence-corrected chi connectivity index (χ0v) is 10.6. The highest BCUT2D eigenvalue weighted by molar-refractivity contribution is 6.59. The minimum atomic E-state index is -0.974. The highest BCUT2D eigenvalue weighted by Crippen LogP contribution is 2.20. The fourth-order valence-corrected chi connectivity index (χ4v) is 1.02. The molecule has 0 bridgehead atoms. The predicted octanol–water partition coefficient (Wildman–Crippen LogP) is 0.924. The minimum Gasteiger partial charge on any atom is -0.423 e. The van der Waals surface area contributed by atoms with Crippen LogP contribution in [0.25, 0.3) is 0 Å². The van der Waals surface area contributed by atoms with E-state index in [0.717, 1.165) is 0 Å². The normalized spacial score (nSPS) is 11.9. The van der Waals surface area contributed by atoms with E-state index < -0.39 is 7.12 Å². The summed E-state index contributed by atoms with van der Waals surface area (Å²) in [7, 11) is -0.974. The SMILES string of the molecule is Cc1ncc(B(O)OC(C)(C)C(C)C)cn1. The first kappa shape index (κ1) is 13.1. The van der Waals surface area contributed by atoms with Gasteiger partial charge in [-0.05, 0) is 26.7 Å². The van der Waals surface area contributed by atoms with Crippen molar-refractivity contribution in [3.05, 3.63) is 18.2 Å². The van der Waals surface area contributed by atoms with Crippen molar-refractivity contribution in [3.8, 4) is 0 Å². The average Bonchev–Trinajstić information content (AvgIpc) is 2.17. The van der Waals surface area contributed by atoms with Crippen LogP contribution in [0.5, 0.6) is 0 Å². The Labute approximate surface area is 97.2 Å². The molecule has 0 saturated carbocycles. The van der Waals surface area contributed by atoms with E-state index in [0.29, 0.717) is 17.2 Å². The van der Waals surface area contributed by atoms with E-state index in [1.807, 2.05) is 13.8 Å². The molecule has 0 unspecified atom stereocenters. The molecule has 5 heteroatoms. The summed E-state index contributed by atoms with van der Waals surface area (Å²) in [5.41, 5.74) is 0.198. The van der Waals surface area contributed by atoms with Crippen molar-refractivity contribution in [3.63, 3.8) is 0 Å². The molecule has 0 fully saturated rings. The Morgan fingerprint density at radius 3 is 2.25 bits per heavy atom. The largest absolute Gasteiger partial charge is 0.494 e. The maximum Gasteiger partial charge on any atom is 0.494 e. The molecule has 0 aliphatic heterocycles. The van der Waals surface area contributed by atoms with E-state index in [1.165, 1.54) is 0 Å². The molecule has 0 atom stereocenters. The van der Waals surface area contributed by atoms with Crippen LogP contribution in [0.2, 0.25) is 0 Å². The average molecular weight is 222 g/mol. The zero-order chi connectivity index (χ0) is 12.3. The van der Waals surface area contributed by atoms with Gasteiger partial charge >= 0.3 is 7.12 Å². The molecule has 1 heterocycles. The van der Waals surface area contributed by atoms with E-state index in [-0.39, 0.29) is 5.60 Å². The molecule has 0 aliphatic rings. The van der Waals surface area contributed by atoms with Crippen LogP contribution in [0, 0.1) is 12.8 Å². The third-order valence-electron chi connectivity index (χ3n) is 2.89. The van der Waals surface area contributed by atoms with Gasteiger partial charge in [0.15, 0.2) is 0 Å². The lowest BCUT2D eigenvalue weighted by molar-refractivity contribution is 0.0423. The van der Waals surface area contributed by atoms with Gasteiger partial charge in [0, 0.05) is 17.9 Å². The summed E-state index contributed by atoms with van der Waals surface area (Å²) in [6.07, 6.45) is 3.17. The summed E-state index contributed by atoms with van der Waals surface area (Å²) in [6, 6.07) is 0. The lowest BCUT2D eigenvalue weighted by Crippen LogP contribution is -2.44. The second-order valence-corrected chi connectivity index (χ2v) is 4.79. The van der Waals surface area contributed by atoms with Gasteiger partial charge in [-0.15, -0.1) is 0 Å². The number of rotatable bonds is 4. The molecule has 0 saturated heterocycles. The van der Waals surface area contributed by atoms with Crippen LogP contribution in [-0.2, 0) is 4.65 Å². The molecule has 1 rings (SSSR count). The van der Waals surface area contributed by atoms with Crippen molar-refractivity contribution in [2.45, 2.75) is 40.2 Å². The number of hydrogen-bond acceptors (Lipinski definition) is 4. The van der Waals surface area contributed by atoms with Gasteiger partial charge in [-0.2, -0.15) is 0 Å². The second kappa shape index (κ2) is 4.93. The third-order valence-corrected chi connectivity index (χ3v) is 2.89. The molecular weight excluding hydrogens is 203 g/mol. The Hall–Kier alpha value is -0.935. The van der Waals surface area contributed by atoms with Crippen molar-refractivity contribution in [1.29, 1.82) is 0 Å². The van der Waals surface area contributed by atoms with Crippen LogP contribution in [0.4, 0.5) is 0 Å². The van der Waals surface area contributed by atoms with E-state index >= 15 is 0 Å². The molecule has 0 aliphatic carbocycles. The molecule has 0 radical (unpaired) electrons. The minimum absolute atomic E-state index is 0.313. The standard InChI is InChI=1S/C11H19BN2O2/c1-8(2)11(4,5)16-12(15)10-6-13-9(3)14-7-10/h6-8,15H,1-5H3. The van der Waals surface area contributed by atoms with Crippen LogP contribution in [-0.4, -0.2) is 27.7 Å². The number of aryl methyl sites for hydroxylation is 1. The Kier molecular flexibility index (Phi) is 4.05. The van der Waals surface area contributed by atoms with Gasteiger partial charge < -0.3 is 9.68 Å². The van der Waals surface area contributed by atoms with Gasteiger partial charge in [-0.1, -0.05) is 13.8 Å². The topological polar surface area (TPSA) is 55.2 Å².